The van der Waals surface area contributed by atoms with Crippen molar-refractivity contribution < 1.29 is 18.7 Å². The van der Waals surface area contributed by atoms with Crippen LogP contribution in [0.2, 0.25) is 0 Å². The van der Waals surface area contributed by atoms with Gasteiger partial charge in [0, 0.05) is 30.5 Å². The number of hydrogen-bond acceptors (Lipinski definition) is 4. The van der Waals surface area contributed by atoms with Gasteiger partial charge in [-0.25, -0.2) is 4.39 Å². The van der Waals surface area contributed by atoms with E-state index in [9.17, 15) is 18.8 Å². The summed E-state index contributed by atoms with van der Waals surface area (Å²) in [4.78, 5) is 40.5. The maximum Gasteiger partial charge on any atom is 0.261 e. The lowest BCUT2D eigenvalue weighted by Crippen LogP contribution is -2.41. The number of H-pyrrole nitrogens is 1. The van der Waals surface area contributed by atoms with Gasteiger partial charge in [0.2, 0.25) is 0 Å². The molecule has 1 aliphatic rings. The number of nitrogens with one attached hydrogen (secondary N) is 2. The monoisotopic (exact) mass is 359 g/mol. The SMILES string of the molecule is Cc1ccc(NC(=O)c2cc(F)c[nH]c2=O)cc1C(=O)N1CCOCC1. The highest BCUT2D eigenvalue weighted by Crippen LogP contribution is 2.18. The number of aryl methyl sites for hydroxylation is 1. The largest absolute Gasteiger partial charge is 0.378 e. The highest BCUT2D eigenvalue weighted by Gasteiger charge is 2.21. The molecule has 0 saturated carbocycles. The molecule has 2 aromatic rings. The zero-order valence-corrected chi connectivity index (χ0v) is 14.2. The summed E-state index contributed by atoms with van der Waals surface area (Å²) in [5, 5.41) is 2.53. The lowest BCUT2D eigenvalue weighted by molar-refractivity contribution is 0.0302. The molecule has 26 heavy (non-hydrogen) atoms. The molecule has 0 atom stereocenters. The van der Waals surface area contributed by atoms with Crippen LogP contribution in [0.25, 0.3) is 0 Å². The van der Waals surface area contributed by atoms with Gasteiger partial charge in [-0.1, -0.05) is 6.07 Å². The molecule has 1 aromatic heterocycles. The smallest absolute Gasteiger partial charge is 0.261 e. The van der Waals surface area contributed by atoms with Crippen LogP contribution in [0.5, 0.6) is 0 Å². The Hall–Kier alpha value is -3.00. The molecule has 1 fully saturated rings. The zero-order valence-electron chi connectivity index (χ0n) is 14.2. The van der Waals surface area contributed by atoms with Gasteiger partial charge in [0.05, 0.1) is 13.2 Å². The van der Waals surface area contributed by atoms with E-state index in [1.54, 1.807) is 30.0 Å². The first-order chi connectivity index (χ1) is 12.5. The van der Waals surface area contributed by atoms with Crippen LogP contribution >= 0.6 is 0 Å². The van der Waals surface area contributed by atoms with Crippen LogP contribution in [0.4, 0.5) is 10.1 Å². The number of aromatic amines is 1. The maximum atomic E-state index is 13.3. The van der Waals surface area contributed by atoms with Gasteiger partial charge in [0.25, 0.3) is 17.4 Å². The fourth-order valence-electron chi connectivity index (χ4n) is 2.69. The van der Waals surface area contributed by atoms with E-state index in [1.165, 1.54) is 0 Å². The molecule has 0 aliphatic carbocycles. The highest BCUT2D eigenvalue weighted by molar-refractivity contribution is 6.05. The van der Waals surface area contributed by atoms with Gasteiger partial charge in [0.1, 0.15) is 11.4 Å². The van der Waals surface area contributed by atoms with Crippen molar-refractivity contribution in [3.8, 4) is 0 Å². The van der Waals surface area contributed by atoms with Crippen LogP contribution in [0.15, 0.2) is 35.3 Å². The van der Waals surface area contributed by atoms with Crippen LogP contribution < -0.4 is 10.9 Å². The molecule has 2 heterocycles. The van der Waals surface area contributed by atoms with Gasteiger partial charge in [-0.2, -0.15) is 0 Å². The van der Waals surface area contributed by atoms with E-state index in [1.807, 2.05) is 0 Å². The van der Waals surface area contributed by atoms with E-state index in [2.05, 4.69) is 10.3 Å². The Morgan fingerprint density at radius 1 is 1.19 bits per heavy atom. The Morgan fingerprint density at radius 3 is 2.65 bits per heavy atom. The van der Waals surface area contributed by atoms with Crippen molar-refractivity contribution in [2.75, 3.05) is 31.6 Å². The Balaban J connectivity index is 1.83. The number of anilines is 1. The minimum absolute atomic E-state index is 0.148. The molecule has 1 aromatic carbocycles. The van der Waals surface area contributed by atoms with Crippen molar-refractivity contribution in [2.45, 2.75) is 6.92 Å². The van der Waals surface area contributed by atoms with Gasteiger partial charge in [0.15, 0.2) is 0 Å². The number of morpholine rings is 1. The van der Waals surface area contributed by atoms with Gasteiger partial charge < -0.3 is 19.9 Å². The second-order valence-electron chi connectivity index (χ2n) is 5.95. The lowest BCUT2D eigenvalue weighted by atomic mass is 10.1. The Kier molecular flexibility index (Phi) is 5.13. The number of pyridine rings is 1. The number of rotatable bonds is 3. The molecule has 1 aliphatic heterocycles. The molecule has 136 valence electrons. The summed E-state index contributed by atoms with van der Waals surface area (Å²) in [6, 6.07) is 5.75. The third-order valence-corrected chi connectivity index (χ3v) is 4.14. The molecule has 0 spiro atoms. The van der Waals surface area contributed by atoms with Gasteiger partial charge in [-0.15, -0.1) is 0 Å². The van der Waals surface area contributed by atoms with Gasteiger partial charge in [-0.05, 0) is 30.7 Å². The van der Waals surface area contributed by atoms with Crippen molar-refractivity contribution in [1.82, 2.24) is 9.88 Å². The average molecular weight is 359 g/mol. The third kappa shape index (κ3) is 3.80. The second kappa shape index (κ2) is 7.49. The molecular formula is C18H18FN3O4. The van der Waals surface area contributed by atoms with Gasteiger partial charge in [-0.3, -0.25) is 14.4 Å². The summed E-state index contributed by atoms with van der Waals surface area (Å²) in [7, 11) is 0. The van der Waals surface area contributed by atoms with E-state index >= 15 is 0 Å². The van der Waals surface area contributed by atoms with Crippen LogP contribution in [-0.4, -0.2) is 48.0 Å². The number of carbonyl (C=O) groups is 2. The summed E-state index contributed by atoms with van der Waals surface area (Å²) < 4.78 is 18.5. The fraction of sp³-hybridized carbons (Fsp3) is 0.278. The minimum Gasteiger partial charge on any atom is -0.378 e. The summed E-state index contributed by atoms with van der Waals surface area (Å²) in [6.45, 7) is 3.80. The summed E-state index contributed by atoms with van der Waals surface area (Å²) in [6.07, 6.45) is 0.879. The minimum atomic E-state index is -0.751. The van der Waals surface area contributed by atoms with Gasteiger partial charge >= 0.3 is 0 Å². The second-order valence-corrected chi connectivity index (χ2v) is 5.95. The van der Waals surface area contributed by atoms with E-state index < -0.39 is 17.3 Å². The van der Waals surface area contributed by atoms with E-state index in [0.717, 1.165) is 17.8 Å². The molecule has 1 saturated heterocycles. The van der Waals surface area contributed by atoms with Crippen molar-refractivity contribution in [3.63, 3.8) is 0 Å². The topological polar surface area (TPSA) is 91.5 Å². The highest BCUT2D eigenvalue weighted by atomic mass is 19.1. The summed E-state index contributed by atoms with van der Waals surface area (Å²) in [5.41, 5.74) is 0.536. The molecule has 0 radical (unpaired) electrons. The molecular weight excluding hydrogens is 341 g/mol. The number of carbonyl (C=O) groups excluding carboxylic acids is 2. The van der Waals surface area contributed by atoms with Crippen LogP contribution in [0.1, 0.15) is 26.3 Å². The normalized spacial score (nSPS) is 14.2. The zero-order chi connectivity index (χ0) is 18.7. The number of benzene rings is 1. The Bertz CT molecular complexity index is 904. The predicted octanol–water partition coefficient (Wildman–Crippen LogP) is 1.55. The Labute approximate surface area is 148 Å². The molecule has 8 heteroatoms. The number of aromatic nitrogens is 1. The number of hydrogen-bond donors (Lipinski definition) is 2. The molecule has 2 amide bonds. The first-order valence-corrected chi connectivity index (χ1v) is 8.13. The van der Waals surface area contributed by atoms with Crippen LogP contribution in [-0.2, 0) is 4.74 Å². The number of amides is 2. The fourth-order valence-corrected chi connectivity index (χ4v) is 2.69. The maximum absolute atomic E-state index is 13.3. The molecule has 2 N–H and O–H groups in total. The average Bonchev–Trinajstić information content (AvgIpc) is 2.65. The lowest BCUT2D eigenvalue weighted by Gasteiger charge is -2.27. The van der Waals surface area contributed by atoms with Crippen LogP contribution in [0, 0.1) is 12.7 Å². The summed E-state index contributed by atoms with van der Waals surface area (Å²) >= 11 is 0. The number of nitrogens with zero attached hydrogens (tertiary/aromatic N) is 1. The first kappa shape index (κ1) is 17.8. The summed E-state index contributed by atoms with van der Waals surface area (Å²) in [5.74, 6) is -1.62. The molecule has 7 nitrogen and oxygen atoms in total. The predicted molar refractivity (Wildman–Crippen MR) is 92.9 cm³/mol. The quantitative estimate of drug-likeness (QED) is 0.870. The van der Waals surface area contributed by atoms with E-state index in [0.29, 0.717) is 37.6 Å². The van der Waals surface area contributed by atoms with Crippen molar-refractivity contribution in [1.29, 1.82) is 0 Å². The molecule has 3 rings (SSSR count). The van der Waals surface area contributed by atoms with E-state index in [4.69, 9.17) is 4.74 Å². The van der Waals surface area contributed by atoms with Crippen LogP contribution in [0.3, 0.4) is 0 Å². The number of halogens is 1. The Morgan fingerprint density at radius 2 is 1.92 bits per heavy atom. The van der Waals surface area contributed by atoms with E-state index in [-0.39, 0.29) is 11.5 Å². The standard InChI is InChI=1S/C18H18FN3O4/c1-11-2-3-13(9-14(11)18(25)22-4-6-26-7-5-22)21-17(24)15-8-12(19)10-20-16(15)23/h2-3,8-10H,4-7H2,1H3,(H,20,23)(H,21,24). The molecule has 0 unspecified atom stereocenters. The van der Waals surface area contributed by atoms with Crippen molar-refractivity contribution in [2.24, 2.45) is 0 Å². The third-order valence-electron chi connectivity index (χ3n) is 4.14. The molecule has 0 bridgehead atoms. The number of ether oxygens (including phenoxy) is 1. The first-order valence-electron chi connectivity index (χ1n) is 8.13. The van der Waals surface area contributed by atoms with Crippen molar-refractivity contribution in [3.05, 3.63) is 63.3 Å². The van der Waals surface area contributed by atoms with Crippen molar-refractivity contribution >= 4 is 17.5 Å².